The van der Waals surface area contributed by atoms with Gasteiger partial charge >= 0.3 is 0 Å². The summed E-state index contributed by atoms with van der Waals surface area (Å²) in [7, 11) is 1.58. The second-order valence-electron chi connectivity index (χ2n) is 7.24. The summed E-state index contributed by atoms with van der Waals surface area (Å²) in [4.78, 5) is 37.5. The van der Waals surface area contributed by atoms with Crippen molar-refractivity contribution in [3.8, 4) is 0 Å². The fraction of sp³-hybridized carbons (Fsp3) is 0.429. The molecule has 2 aromatic rings. The third kappa shape index (κ3) is 6.48. The van der Waals surface area contributed by atoms with Gasteiger partial charge in [0.1, 0.15) is 11.0 Å². The molecule has 0 bridgehead atoms. The number of piperazine rings is 1. The smallest absolute Gasteiger partial charge is 0.255 e. The largest absolute Gasteiger partial charge is 0.383 e. The Hall–Kier alpha value is -2.07. The van der Waals surface area contributed by atoms with Crippen LogP contribution in [-0.4, -0.2) is 78.4 Å². The molecule has 1 aromatic carbocycles. The van der Waals surface area contributed by atoms with Crippen LogP contribution in [0.5, 0.6) is 0 Å². The molecule has 0 spiro atoms. The van der Waals surface area contributed by atoms with E-state index in [2.05, 4.69) is 20.2 Å². The number of nitrogens with one attached hydrogen (secondary N) is 1. The van der Waals surface area contributed by atoms with Crippen LogP contribution in [0.25, 0.3) is 0 Å². The summed E-state index contributed by atoms with van der Waals surface area (Å²) in [5.74, 6) is 0.640. The summed E-state index contributed by atoms with van der Waals surface area (Å²) in [6.07, 6.45) is 0. The zero-order valence-corrected chi connectivity index (χ0v) is 20.2. The number of hydrogen-bond donors (Lipinski definition) is 1. The van der Waals surface area contributed by atoms with E-state index in [4.69, 9.17) is 27.9 Å². The molecule has 0 aliphatic carbocycles. The molecule has 3 rings (SSSR count). The van der Waals surface area contributed by atoms with Gasteiger partial charge < -0.3 is 19.9 Å². The van der Waals surface area contributed by atoms with Crippen LogP contribution in [0.3, 0.4) is 0 Å². The first-order valence-corrected chi connectivity index (χ1v) is 11.9. The first-order valence-electron chi connectivity index (χ1n) is 10.1. The van der Waals surface area contributed by atoms with Crippen molar-refractivity contribution in [3.63, 3.8) is 0 Å². The second-order valence-corrected chi connectivity index (χ2v) is 8.97. The van der Waals surface area contributed by atoms with E-state index in [0.717, 1.165) is 0 Å². The molecule has 1 N–H and O–H groups in total. The summed E-state index contributed by atoms with van der Waals surface area (Å²) in [6, 6.07) is 8.71. The minimum absolute atomic E-state index is 0.0519. The fourth-order valence-corrected chi connectivity index (χ4v) is 4.47. The average Bonchev–Trinajstić information content (AvgIpc) is 2.77. The summed E-state index contributed by atoms with van der Waals surface area (Å²) in [5, 5.41) is 3.93. The number of rotatable bonds is 8. The minimum Gasteiger partial charge on any atom is -0.383 e. The quantitative estimate of drug-likeness (QED) is 0.259. The lowest BCUT2D eigenvalue weighted by atomic mass is 10.1. The molecule has 1 aromatic heterocycles. The molecule has 2 amide bonds. The Morgan fingerprint density at radius 3 is 2.75 bits per heavy atom. The Labute approximate surface area is 201 Å². The number of thioether (sulfide) groups is 1. The number of methoxy groups -OCH3 is 1. The average molecular weight is 498 g/mol. The lowest BCUT2D eigenvalue weighted by Crippen LogP contribution is -2.54. The molecule has 1 saturated heterocycles. The van der Waals surface area contributed by atoms with Crippen LogP contribution < -0.4 is 10.2 Å². The Morgan fingerprint density at radius 1 is 1.25 bits per heavy atom. The molecule has 2 heterocycles. The summed E-state index contributed by atoms with van der Waals surface area (Å²) >= 11 is 13.6. The molecule has 1 unspecified atom stereocenters. The Bertz CT molecular complexity index is 965. The van der Waals surface area contributed by atoms with Crippen LogP contribution in [0.2, 0.25) is 10.2 Å². The molecule has 8 nitrogen and oxygen atoms in total. The van der Waals surface area contributed by atoms with Crippen molar-refractivity contribution < 1.29 is 14.3 Å². The maximum atomic E-state index is 13.0. The highest BCUT2D eigenvalue weighted by molar-refractivity contribution is 7.99. The van der Waals surface area contributed by atoms with Gasteiger partial charge in [-0.1, -0.05) is 47.1 Å². The SMILES string of the molecule is COCCNC(=O)CSc1nc(Cl)cc(N2CCN(C(=O)c3ccccc3Cl)C(C)C2)n1. The fourth-order valence-electron chi connectivity index (χ4n) is 3.34. The van der Waals surface area contributed by atoms with Crippen molar-refractivity contribution in [2.75, 3.05) is 50.5 Å². The summed E-state index contributed by atoms with van der Waals surface area (Å²) in [6.45, 7) is 4.60. The van der Waals surface area contributed by atoms with Crippen molar-refractivity contribution in [2.24, 2.45) is 0 Å². The minimum atomic E-state index is -0.127. The third-order valence-corrected chi connectivity index (χ3v) is 6.31. The number of aromatic nitrogens is 2. The summed E-state index contributed by atoms with van der Waals surface area (Å²) in [5.41, 5.74) is 0.502. The zero-order chi connectivity index (χ0) is 23.1. The number of carbonyl (C=O) groups is 2. The lowest BCUT2D eigenvalue weighted by molar-refractivity contribution is -0.118. The van der Waals surface area contributed by atoms with E-state index in [9.17, 15) is 9.59 Å². The van der Waals surface area contributed by atoms with E-state index in [1.54, 1.807) is 37.4 Å². The van der Waals surface area contributed by atoms with Gasteiger partial charge in [0.15, 0.2) is 5.16 Å². The maximum absolute atomic E-state index is 13.0. The monoisotopic (exact) mass is 497 g/mol. The topological polar surface area (TPSA) is 87.7 Å². The molecule has 1 aliphatic heterocycles. The second kappa shape index (κ2) is 11.7. The van der Waals surface area contributed by atoms with Crippen molar-refractivity contribution in [2.45, 2.75) is 18.1 Å². The number of benzene rings is 1. The molecular weight excluding hydrogens is 473 g/mol. The number of anilines is 1. The van der Waals surface area contributed by atoms with Gasteiger partial charge in [-0.3, -0.25) is 9.59 Å². The normalized spacial score (nSPS) is 16.2. The van der Waals surface area contributed by atoms with Crippen molar-refractivity contribution in [1.82, 2.24) is 20.2 Å². The number of amides is 2. The van der Waals surface area contributed by atoms with Crippen LogP contribution in [-0.2, 0) is 9.53 Å². The van der Waals surface area contributed by atoms with Gasteiger partial charge in [0.2, 0.25) is 5.91 Å². The highest BCUT2D eigenvalue weighted by Crippen LogP contribution is 2.25. The zero-order valence-electron chi connectivity index (χ0n) is 17.9. The van der Waals surface area contributed by atoms with Crippen LogP contribution >= 0.6 is 35.0 Å². The number of nitrogens with zero attached hydrogens (tertiary/aromatic N) is 4. The van der Waals surface area contributed by atoms with E-state index in [0.29, 0.717) is 59.5 Å². The van der Waals surface area contributed by atoms with E-state index < -0.39 is 0 Å². The highest BCUT2D eigenvalue weighted by atomic mass is 35.5. The van der Waals surface area contributed by atoms with Crippen molar-refractivity contribution in [1.29, 1.82) is 0 Å². The van der Waals surface area contributed by atoms with Gasteiger partial charge in [-0.2, -0.15) is 0 Å². The predicted molar refractivity (Wildman–Crippen MR) is 127 cm³/mol. The molecule has 172 valence electrons. The van der Waals surface area contributed by atoms with Crippen molar-refractivity contribution >= 4 is 52.6 Å². The first kappa shape index (κ1) is 24.6. The maximum Gasteiger partial charge on any atom is 0.255 e. The van der Waals surface area contributed by atoms with Crippen LogP contribution in [0.15, 0.2) is 35.5 Å². The van der Waals surface area contributed by atoms with Gasteiger partial charge in [0.25, 0.3) is 5.91 Å². The number of carbonyl (C=O) groups excluding carboxylic acids is 2. The molecule has 11 heteroatoms. The standard InChI is InChI=1S/C21H25Cl2N5O3S/c1-14-12-27(8-9-28(14)20(30)15-5-3-4-6-16(15)22)18-11-17(23)25-21(26-18)32-13-19(29)24-7-10-31-2/h3-6,11,14H,7-10,12-13H2,1-2H3,(H,24,29). The molecule has 0 saturated carbocycles. The van der Waals surface area contributed by atoms with Crippen LogP contribution in [0.1, 0.15) is 17.3 Å². The van der Waals surface area contributed by atoms with E-state index in [1.165, 1.54) is 11.8 Å². The molecule has 1 aliphatic rings. The van der Waals surface area contributed by atoms with Gasteiger partial charge in [-0.05, 0) is 19.1 Å². The van der Waals surface area contributed by atoms with Gasteiger partial charge in [-0.15, -0.1) is 0 Å². The number of halogens is 2. The third-order valence-electron chi connectivity index (χ3n) is 4.94. The summed E-state index contributed by atoms with van der Waals surface area (Å²) < 4.78 is 4.92. The van der Waals surface area contributed by atoms with E-state index in [-0.39, 0.29) is 23.6 Å². The predicted octanol–water partition coefficient (Wildman–Crippen LogP) is 2.99. The Balaban J connectivity index is 1.62. The van der Waals surface area contributed by atoms with E-state index >= 15 is 0 Å². The molecule has 32 heavy (non-hydrogen) atoms. The number of hydrogen-bond acceptors (Lipinski definition) is 7. The van der Waals surface area contributed by atoms with Gasteiger partial charge in [0, 0.05) is 45.4 Å². The Kier molecular flexibility index (Phi) is 8.98. The van der Waals surface area contributed by atoms with Crippen LogP contribution in [0.4, 0.5) is 5.82 Å². The van der Waals surface area contributed by atoms with Gasteiger partial charge in [0.05, 0.1) is 22.9 Å². The lowest BCUT2D eigenvalue weighted by Gasteiger charge is -2.40. The van der Waals surface area contributed by atoms with Crippen molar-refractivity contribution in [3.05, 3.63) is 46.1 Å². The van der Waals surface area contributed by atoms with Crippen LogP contribution in [0, 0.1) is 0 Å². The van der Waals surface area contributed by atoms with E-state index in [1.807, 2.05) is 11.8 Å². The first-order chi connectivity index (χ1) is 15.4. The Morgan fingerprint density at radius 2 is 2.03 bits per heavy atom. The molecular formula is C21H25Cl2N5O3S. The molecule has 1 fully saturated rings. The van der Waals surface area contributed by atoms with Gasteiger partial charge in [-0.25, -0.2) is 9.97 Å². The highest BCUT2D eigenvalue weighted by Gasteiger charge is 2.30. The molecule has 0 radical (unpaired) electrons. The molecule has 1 atom stereocenters. The number of ether oxygens (including phenoxy) is 1.